The van der Waals surface area contributed by atoms with Gasteiger partial charge in [0.2, 0.25) is 0 Å². The van der Waals surface area contributed by atoms with E-state index in [9.17, 15) is 0 Å². The van der Waals surface area contributed by atoms with E-state index in [1.807, 2.05) is 0 Å². The van der Waals surface area contributed by atoms with Gasteiger partial charge in [0, 0.05) is 0 Å². The molecule has 0 saturated heterocycles. The van der Waals surface area contributed by atoms with Gasteiger partial charge in [-0.05, 0) is 12.1 Å². The molecular formula is C6H8N4. The molecular weight excluding hydrogens is 128 g/mol. The summed E-state index contributed by atoms with van der Waals surface area (Å²) in [7, 11) is 0. The molecule has 0 unspecified atom stereocenters. The molecule has 1 aromatic heterocycles. The summed E-state index contributed by atoms with van der Waals surface area (Å²) < 4.78 is 0. The van der Waals surface area contributed by atoms with Crippen molar-refractivity contribution in [2.24, 2.45) is 10.7 Å². The third-order valence-electron chi connectivity index (χ3n) is 0.994. The number of nitrogens with zero attached hydrogens (tertiary/aromatic N) is 2. The maximum absolute atomic E-state index is 5.33. The van der Waals surface area contributed by atoms with E-state index in [4.69, 9.17) is 11.5 Å². The Morgan fingerprint density at radius 2 is 2.30 bits per heavy atom. The Morgan fingerprint density at radius 3 is 2.80 bits per heavy atom. The van der Waals surface area contributed by atoms with E-state index < -0.39 is 0 Å². The Labute approximate surface area is 58.6 Å². The van der Waals surface area contributed by atoms with Crippen molar-refractivity contribution in [2.75, 3.05) is 5.73 Å². The fraction of sp³-hybridized carbons (Fsp3) is 0. The van der Waals surface area contributed by atoms with Crippen LogP contribution < -0.4 is 11.5 Å². The van der Waals surface area contributed by atoms with Crippen molar-refractivity contribution in [1.82, 2.24) is 4.98 Å². The molecule has 1 rings (SSSR count). The molecule has 0 aliphatic rings. The molecule has 4 N–H and O–H groups in total. The van der Waals surface area contributed by atoms with Crippen molar-refractivity contribution in [3.63, 3.8) is 0 Å². The first-order valence-corrected chi connectivity index (χ1v) is 2.78. The molecule has 0 amide bonds. The van der Waals surface area contributed by atoms with Gasteiger partial charge in [-0.25, -0.2) is 9.98 Å². The summed E-state index contributed by atoms with van der Waals surface area (Å²) in [5, 5.41) is 0. The smallest absolute Gasteiger partial charge is 0.123 e. The lowest BCUT2D eigenvalue weighted by Gasteiger charge is -1.91. The topological polar surface area (TPSA) is 77.3 Å². The van der Waals surface area contributed by atoms with Gasteiger partial charge in [-0.2, -0.15) is 0 Å². The third kappa shape index (κ3) is 1.45. The Balaban J connectivity index is 2.89. The van der Waals surface area contributed by atoms with Crippen LogP contribution in [0.4, 0.5) is 11.5 Å². The summed E-state index contributed by atoms with van der Waals surface area (Å²) in [5.74, 6) is 0.482. The fourth-order valence-electron chi connectivity index (χ4n) is 0.560. The summed E-state index contributed by atoms with van der Waals surface area (Å²) in [6.45, 7) is 0. The zero-order valence-electron chi connectivity index (χ0n) is 5.36. The van der Waals surface area contributed by atoms with E-state index in [-0.39, 0.29) is 0 Å². The predicted octanol–water partition coefficient (Wildman–Crippen LogP) is 0.282. The number of pyridine rings is 1. The van der Waals surface area contributed by atoms with Crippen LogP contribution in [0.5, 0.6) is 0 Å². The van der Waals surface area contributed by atoms with E-state index in [1.54, 1.807) is 18.3 Å². The molecule has 4 heteroatoms. The standard InChI is InChI=1S/C6H8N4/c7-4-10-5-1-2-6(8)9-3-5/h1-4H,(H2,7,10)(H2,8,9). The number of nitrogen functional groups attached to an aromatic ring is 1. The summed E-state index contributed by atoms with van der Waals surface area (Å²) in [6.07, 6.45) is 2.77. The van der Waals surface area contributed by atoms with Gasteiger partial charge >= 0.3 is 0 Å². The SMILES string of the molecule is NC=Nc1ccc(N)nc1. The summed E-state index contributed by atoms with van der Waals surface area (Å²) in [6, 6.07) is 3.41. The van der Waals surface area contributed by atoms with Gasteiger partial charge in [0.1, 0.15) is 5.82 Å². The number of hydrogen-bond acceptors (Lipinski definition) is 3. The van der Waals surface area contributed by atoms with Crippen molar-refractivity contribution >= 4 is 17.8 Å². The van der Waals surface area contributed by atoms with Crippen LogP contribution in [0.1, 0.15) is 0 Å². The van der Waals surface area contributed by atoms with Gasteiger partial charge in [0.05, 0.1) is 18.2 Å². The Bertz CT molecular complexity index is 226. The molecule has 0 saturated carbocycles. The van der Waals surface area contributed by atoms with Crippen LogP contribution >= 0.6 is 0 Å². The maximum Gasteiger partial charge on any atom is 0.123 e. The van der Waals surface area contributed by atoms with Crippen LogP contribution in [0.3, 0.4) is 0 Å². The zero-order valence-corrected chi connectivity index (χ0v) is 5.36. The molecule has 1 heterocycles. The molecule has 0 spiro atoms. The van der Waals surface area contributed by atoms with Crippen LogP contribution in [0, 0.1) is 0 Å². The molecule has 4 nitrogen and oxygen atoms in total. The lowest BCUT2D eigenvalue weighted by atomic mass is 10.4. The van der Waals surface area contributed by atoms with Crippen molar-refractivity contribution < 1.29 is 0 Å². The van der Waals surface area contributed by atoms with Crippen molar-refractivity contribution in [3.05, 3.63) is 18.3 Å². The third-order valence-corrected chi connectivity index (χ3v) is 0.994. The fourth-order valence-corrected chi connectivity index (χ4v) is 0.560. The minimum atomic E-state index is 0.482. The number of nitrogens with two attached hydrogens (primary N) is 2. The number of hydrogen-bond donors (Lipinski definition) is 2. The zero-order chi connectivity index (χ0) is 7.40. The van der Waals surface area contributed by atoms with Crippen molar-refractivity contribution in [3.8, 4) is 0 Å². The minimum absolute atomic E-state index is 0.482. The highest BCUT2D eigenvalue weighted by Crippen LogP contribution is 2.08. The van der Waals surface area contributed by atoms with Crippen molar-refractivity contribution in [2.45, 2.75) is 0 Å². The van der Waals surface area contributed by atoms with Crippen LogP contribution in [0.25, 0.3) is 0 Å². The van der Waals surface area contributed by atoms with Crippen LogP contribution in [0.2, 0.25) is 0 Å². The Kier molecular flexibility index (Phi) is 1.84. The molecule has 0 aromatic carbocycles. The predicted molar refractivity (Wildman–Crippen MR) is 41.0 cm³/mol. The largest absolute Gasteiger partial charge is 0.390 e. The second-order valence-electron chi connectivity index (χ2n) is 1.72. The number of anilines is 1. The molecule has 0 atom stereocenters. The van der Waals surface area contributed by atoms with E-state index in [2.05, 4.69) is 9.98 Å². The lowest BCUT2D eigenvalue weighted by molar-refractivity contribution is 1.31. The molecule has 0 fully saturated rings. The van der Waals surface area contributed by atoms with Crippen LogP contribution in [-0.4, -0.2) is 11.3 Å². The van der Waals surface area contributed by atoms with Gasteiger partial charge in [-0.3, -0.25) is 0 Å². The van der Waals surface area contributed by atoms with Crippen molar-refractivity contribution in [1.29, 1.82) is 0 Å². The monoisotopic (exact) mass is 136 g/mol. The van der Waals surface area contributed by atoms with Gasteiger partial charge in [0.15, 0.2) is 0 Å². The summed E-state index contributed by atoms with van der Waals surface area (Å²) >= 11 is 0. The van der Waals surface area contributed by atoms with Gasteiger partial charge in [0.25, 0.3) is 0 Å². The van der Waals surface area contributed by atoms with Gasteiger partial charge < -0.3 is 11.5 Å². The second-order valence-corrected chi connectivity index (χ2v) is 1.72. The first-order chi connectivity index (χ1) is 4.83. The first kappa shape index (κ1) is 6.54. The number of aliphatic imine (C=N–C) groups is 1. The molecule has 0 aliphatic heterocycles. The highest BCUT2D eigenvalue weighted by molar-refractivity contribution is 5.58. The van der Waals surface area contributed by atoms with Gasteiger partial charge in [-0.1, -0.05) is 0 Å². The normalized spacial score (nSPS) is 10.4. The van der Waals surface area contributed by atoms with E-state index in [0.717, 1.165) is 0 Å². The molecule has 0 bridgehead atoms. The average molecular weight is 136 g/mol. The molecule has 0 aliphatic carbocycles. The van der Waals surface area contributed by atoms with E-state index in [1.165, 1.54) is 6.34 Å². The Hall–Kier alpha value is -1.58. The van der Waals surface area contributed by atoms with Crippen LogP contribution in [-0.2, 0) is 0 Å². The van der Waals surface area contributed by atoms with E-state index in [0.29, 0.717) is 11.5 Å². The highest BCUT2D eigenvalue weighted by atomic mass is 14.9. The highest BCUT2D eigenvalue weighted by Gasteiger charge is 1.86. The lowest BCUT2D eigenvalue weighted by Crippen LogP contribution is -1.89. The first-order valence-electron chi connectivity index (χ1n) is 2.78. The maximum atomic E-state index is 5.33. The average Bonchev–Trinajstić information content (AvgIpc) is 1.95. The van der Waals surface area contributed by atoms with E-state index >= 15 is 0 Å². The molecule has 10 heavy (non-hydrogen) atoms. The number of rotatable bonds is 1. The Morgan fingerprint density at radius 1 is 1.50 bits per heavy atom. The molecule has 0 radical (unpaired) electrons. The summed E-state index contributed by atoms with van der Waals surface area (Å²) in [5.41, 5.74) is 11.1. The summed E-state index contributed by atoms with van der Waals surface area (Å²) in [4.78, 5) is 7.59. The number of aromatic nitrogens is 1. The second kappa shape index (κ2) is 2.82. The quantitative estimate of drug-likeness (QED) is 0.430. The van der Waals surface area contributed by atoms with Crippen LogP contribution in [0.15, 0.2) is 23.3 Å². The van der Waals surface area contributed by atoms with Gasteiger partial charge in [-0.15, -0.1) is 0 Å². The minimum Gasteiger partial charge on any atom is -0.390 e. The molecule has 52 valence electrons. The molecule has 1 aromatic rings.